The van der Waals surface area contributed by atoms with Gasteiger partial charge >= 0.3 is 6.36 Å². The minimum Gasteiger partial charge on any atom is -0.487 e. The van der Waals surface area contributed by atoms with E-state index in [-0.39, 0.29) is 31.3 Å². The van der Waals surface area contributed by atoms with Gasteiger partial charge in [0.1, 0.15) is 6.61 Å². The van der Waals surface area contributed by atoms with Gasteiger partial charge in [0.25, 0.3) is 0 Å². The Morgan fingerprint density at radius 2 is 1.67 bits per heavy atom. The topological polar surface area (TPSA) is 61.8 Å². The van der Waals surface area contributed by atoms with Gasteiger partial charge in [-0.1, -0.05) is 12.1 Å². The first-order valence-electron chi connectivity index (χ1n) is 5.65. The van der Waals surface area contributed by atoms with Crippen molar-refractivity contribution in [2.24, 2.45) is 0 Å². The quantitative estimate of drug-likeness (QED) is 0.533. The third-order valence-corrected chi connectivity index (χ3v) is 3.15. The average molecular weight is 349 g/mol. The Kier molecular flexibility index (Phi) is 6.56. The molecule has 0 unspecified atom stereocenters. The minimum absolute atomic E-state index is 0.00718. The van der Waals surface area contributed by atoms with E-state index in [0.717, 1.165) is 6.07 Å². The lowest BCUT2D eigenvalue weighted by Gasteiger charge is -2.13. The molecule has 1 rings (SSSR count). The lowest BCUT2D eigenvalue weighted by atomic mass is 10.3. The van der Waals surface area contributed by atoms with E-state index in [1.54, 1.807) is 0 Å². The van der Waals surface area contributed by atoms with Crippen molar-refractivity contribution in [3.05, 3.63) is 24.3 Å². The molecule has 0 N–H and O–H groups in total. The van der Waals surface area contributed by atoms with E-state index in [1.165, 1.54) is 18.2 Å². The predicted molar refractivity (Wildman–Crippen MR) is 69.1 cm³/mol. The maximum Gasteiger partial charge on any atom is 0.573 e. The molecule has 0 aliphatic heterocycles. The van der Waals surface area contributed by atoms with Crippen LogP contribution < -0.4 is 9.47 Å². The van der Waals surface area contributed by atoms with Gasteiger partial charge in [0.05, 0.1) is 19.0 Å². The number of ether oxygens (including phenoxy) is 3. The van der Waals surface area contributed by atoms with Crippen LogP contribution in [0, 0.1) is 0 Å². The van der Waals surface area contributed by atoms with Crippen molar-refractivity contribution < 1.29 is 35.8 Å². The number of para-hydroxylation sites is 2. The van der Waals surface area contributed by atoms with Crippen molar-refractivity contribution in [3.63, 3.8) is 0 Å². The largest absolute Gasteiger partial charge is 0.573 e. The molecule has 0 aromatic heterocycles. The van der Waals surface area contributed by atoms with Gasteiger partial charge in [0.2, 0.25) is 9.05 Å². The Morgan fingerprint density at radius 1 is 1.05 bits per heavy atom. The summed E-state index contributed by atoms with van der Waals surface area (Å²) in [5.74, 6) is -0.917. The number of alkyl halides is 3. The number of benzene rings is 1. The summed E-state index contributed by atoms with van der Waals surface area (Å²) in [6.07, 6.45) is -4.81. The molecule has 120 valence electrons. The average Bonchev–Trinajstić information content (AvgIpc) is 2.32. The van der Waals surface area contributed by atoms with Gasteiger partial charge in [-0.2, -0.15) is 0 Å². The Labute approximate surface area is 124 Å². The summed E-state index contributed by atoms with van der Waals surface area (Å²) in [6.45, 7) is -0.205. The SMILES string of the molecule is O=S(=O)(Cl)CCOCCOc1ccccc1OC(F)(F)F. The van der Waals surface area contributed by atoms with Crippen molar-refractivity contribution in [1.82, 2.24) is 0 Å². The van der Waals surface area contributed by atoms with E-state index in [0.29, 0.717) is 0 Å². The fraction of sp³-hybridized carbons (Fsp3) is 0.455. The van der Waals surface area contributed by atoms with Crippen LogP contribution in [0.3, 0.4) is 0 Å². The van der Waals surface area contributed by atoms with Crippen LogP contribution in [0.5, 0.6) is 11.5 Å². The molecule has 21 heavy (non-hydrogen) atoms. The third-order valence-electron chi connectivity index (χ3n) is 2.03. The Hall–Kier alpha value is -1.19. The third kappa shape index (κ3) is 8.64. The molecule has 5 nitrogen and oxygen atoms in total. The van der Waals surface area contributed by atoms with E-state index in [4.69, 9.17) is 20.2 Å². The van der Waals surface area contributed by atoms with Crippen molar-refractivity contribution in [1.29, 1.82) is 0 Å². The van der Waals surface area contributed by atoms with Gasteiger partial charge in [-0.25, -0.2) is 8.42 Å². The van der Waals surface area contributed by atoms with Crippen molar-refractivity contribution in [3.8, 4) is 11.5 Å². The van der Waals surface area contributed by atoms with E-state index >= 15 is 0 Å². The van der Waals surface area contributed by atoms with Crippen LogP contribution in [0.4, 0.5) is 13.2 Å². The molecular weight excluding hydrogens is 337 g/mol. The van der Waals surface area contributed by atoms with Crippen molar-refractivity contribution >= 4 is 19.7 Å². The maximum atomic E-state index is 12.1. The van der Waals surface area contributed by atoms with Crippen LogP contribution >= 0.6 is 10.7 Å². The van der Waals surface area contributed by atoms with Crippen LogP contribution in [0.15, 0.2) is 24.3 Å². The first-order valence-corrected chi connectivity index (χ1v) is 8.13. The van der Waals surface area contributed by atoms with Gasteiger partial charge < -0.3 is 14.2 Å². The number of halogens is 4. The number of hydrogen-bond acceptors (Lipinski definition) is 5. The van der Waals surface area contributed by atoms with Crippen LogP contribution in [-0.4, -0.2) is 40.4 Å². The molecule has 10 heteroatoms. The highest BCUT2D eigenvalue weighted by Gasteiger charge is 2.32. The zero-order valence-electron chi connectivity index (χ0n) is 10.6. The molecule has 0 saturated carbocycles. The fourth-order valence-electron chi connectivity index (χ4n) is 1.25. The van der Waals surface area contributed by atoms with Gasteiger partial charge in [0, 0.05) is 10.7 Å². The monoisotopic (exact) mass is 348 g/mol. The molecule has 0 fully saturated rings. The molecule has 0 bridgehead atoms. The minimum atomic E-state index is -4.81. The lowest BCUT2D eigenvalue weighted by molar-refractivity contribution is -0.275. The molecule has 1 aromatic carbocycles. The standard InChI is InChI=1S/C11H12ClF3O5S/c12-21(16,17)8-7-18-5-6-19-9-3-1-2-4-10(9)20-11(13,14)15/h1-4H,5-8H2. The summed E-state index contributed by atoms with van der Waals surface area (Å²) in [4.78, 5) is 0. The highest BCUT2D eigenvalue weighted by Crippen LogP contribution is 2.31. The fourth-order valence-corrected chi connectivity index (χ4v) is 1.76. The number of hydrogen-bond donors (Lipinski definition) is 0. The van der Waals surface area contributed by atoms with Gasteiger partial charge in [-0.05, 0) is 12.1 Å². The van der Waals surface area contributed by atoms with E-state index < -0.39 is 21.2 Å². The molecule has 0 atom stereocenters. The molecular formula is C11H12ClF3O5S. The summed E-state index contributed by atoms with van der Waals surface area (Å²) >= 11 is 0. The second-order valence-electron chi connectivity index (χ2n) is 3.70. The van der Waals surface area contributed by atoms with Gasteiger partial charge in [-0.15, -0.1) is 13.2 Å². The molecule has 0 amide bonds. The zero-order valence-corrected chi connectivity index (χ0v) is 12.2. The molecule has 0 radical (unpaired) electrons. The van der Waals surface area contributed by atoms with Crippen molar-refractivity contribution in [2.45, 2.75) is 6.36 Å². The van der Waals surface area contributed by atoms with E-state index in [2.05, 4.69) is 4.74 Å². The maximum absolute atomic E-state index is 12.1. The predicted octanol–water partition coefficient (Wildman–Crippen LogP) is 2.55. The van der Waals surface area contributed by atoms with Gasteiger partial charge in [0.15, 0.2) is 11.5 Å². The van der Waals surface area contributed by atoms with Crippen LogP contribution in [0.1, 0.15) is 0 Å². The first-order chi connectivity index (χ1) is 9.67. The molecule has 0 saturated heterocycles. The van der Waals surface area contributed by atoms with E-state index in [9.17, 15) is 21.6 Å². The van der Waals surface area contributed by atoms with Crippen LogP contribution in [0.2, 0.25) is 0 Å². The zero-order chi connectivity index (χ0) is 15.9. The summed E-state index contributed by atoms with van der Waals surface area (Å²) in [7, 11) is 1.33. The smallest absolute Gasteiger partial charge is 0.487 e. The Morgan fingerprint density at radius 3 is 2.24 bits per heavy atom. The Bertz CT molecular complexity index is 547. The van der Waals surface area contributed by atoms with Gasteiger partial charge in [-0.3, -0.25) is 0 Å². The molecule has 0 aliphatic rings. The highest BCUT2D eigenvalue weighted by molar-refractivity contribution is 8.13. The summed E-state index contributed by atoms with van der Waals surface area (Å²) in [5, 5.41) is 0. The lowest BCUT2D eigenvalue weighted by Crippen LogP contribution is -2.18. The molecule has 1 aromatic rings. The molecule has 0 spiro atoms. The second-order valence-corrected chi connectivity index (χ2v) is 6.59. The summed E-state index contributed by atoms with van der Waals surface area (Å²) in [5.41, 5.74) is 0. The molecule has 0 aliphatic carbocycles. The normalized spacial score (nSPS) is 12.2. The first kappa shape index (κ1) is 17.9. The Balaban J connectivity index is 2.38. The summed E-state index contributed by atoms with van der Waals surface area (Å²) in [6, 6.07) is 5.28. The van der Waals surface area contributed by atoms with E-state index in [1.807, 2.05) is 0 Å². The van der Waals surface area contributed by atoms with Crippen LogP contribution in [0.25, 0.3) is 0 Å². The second kappa shape index (κ2) is 7.71. The molecule has 0 heterocycles. The van der Waals surface area contributed by atoms with Crippen molar-refractivity contribution in [2.75, 3.05) is 25.6 Å². The number of rotatable bonds is 8. The summed E-state index contributed by atoms with van der Waals surface area (Å²) < 4.78 is 71.4. The highest BCUT2D eigenvalue weighted by atomic mass is 35.7. The van der Waals surface area contributed by atoms with Crippen LogP contribution in [-0.2, 0) is 13.8 Å².